The molecule has 0 N–H and O–H groups in total. The van der Waals surface area contributed by atoms with Gasteiger partial charge >= 0.3 is 5.97 Å². The highest BCUT2D eigenvalue weighted by molar-refractivity contribution is 7.89. The molecular weight excluding hydrogens is 420 g/mol. The van der Waals surface area contributed by atoms with Crippen molar-refractivity contribution in [1.29, 1.82) is 0 Å². The zero-order valence-electron chi connectivity index (χ0n) is 18.3. The van der Waals surface area contributed by atoms with Crippen LogP contribution in [0.2, 0.25) is 0 Å². The molecule has 1 aliphatic heterocycles. The lowest BCUT2D eigenvalue weighted by Gasteiger charge is -2.18. The standard InChI is InChI=1S/C22H28N2O6S/c1-5-24-15(2)12-18(16(24)3)19(25)14-30-22(26)17-8-9-20(29-4)21(13-17)31(27,28)23-10-6-7-11-23/h8-9,12-13H,5-7,10-11,14H2,1-4H3. The van der Waals surface area contributed by atoms with Crippen molar-refractivity contribution in [3.8, 4) is 5.75 Å². The van der Waals surface area contributed by atoms with Crippen LogP contribution in [0.25, 0.3) is 0 Å². The van der Waals surface area contributed by atoms with Crippen LogP contribution in [-0.4, -0.2) is 55.8 Å². The Hall–Kier alpha value is -2.65. The third kappa shape index (κ3) is 4.52. The van der Waals surface area contributed by atoms with Gasteiger partial charge in [0.1, 0.15) is 10.6 Å². The summed E-state index contributed by atoms with van der Waals surface area (Å²) in [6.07, 6.45) is 1.59. The van der Waals surface area contributed by atoms with Crippen LogP contribution >= 0.6 is 0 Å². The van der Waals surface area contributed by atoms with E-state index in [-0.39, 0.29) is 22.0 Å². The number of carbonyl (C=O) groups excluding carboxylic acids is 2. The highest BCUT2D eigenvalue weighted by atomic mass is 32.2. The minimum atomic E-state index is -3.79. The molecule has 31 heavy (non-hydrogen) atoms. The third-order valence-corrected chi connectivity index (χ3v) is 7.53. The fourth-order valence-corrected chi connectivity index (χ4v) is 5.63. The van der Waals surface area contributed by atoms with Gasteiger partial charge in [0.25, 0.3) is 0 Å². The molecule has 2 heterocycles. The predicted molar refractivity (Wildman–Crippen MR) is 115 cm³/mol. The SMILES string of the molecule is CCn1c(C)cc(C(=O)COC(=O)c2ccc(OC)c(S(=O)(=O)N3CCCC3)c2)c1C. The average molecular weight is 449 g/mol. The molecule has 1 saturated heterocycles. The van der Waals surface area contributed by atoms with Gasteiger partial charge < -0.3 is 14.0 Å². The van der Waals surface area contributed by atoms with E-state index in [0.717, 1.165) is 30.8 Å². The van der Waals surface area contributed by atoms with Crippen LogP contribution in [-0.2, 0) is 21.3 Å². The number of ether oxygens (including phenoxy) is 2. The molecule has 9 heteroatoms. The van der Waals surface area contributed by atoms with Gasteiger partial charge in [0.05, 0.1) is 12.7 Å². The first kappa shape index (κ1) is 23.0. The fraction of sp³-hybridized carbons (Fsp3) is 0.455. The van der Waals surface area contributed by atoms with E-state index < -0.39 is 22.6 Å². The van der Waals surface area contributed by atoms with Crippen molar-refractivity contribution in [3.05, 3.63) is 46.8 Å². The van der Waals surface area contributed by atoms with Crippen LogP contribution in [0.5, 0.6) is 5.75 Å². The molecule has 0 amide bonds. The Labute approximate surface area is 182 Å². The quantitative estimate of drug-likeness (QED) is 0.455. The van der Waals surface area contributed by atoms with Gasteiger partial charge in [-0.15, -0.1) is 0 Å². The molecule has 0 radical (unpaired) electrons. The summed E-state index contributed by atoms with van der Waals surface area (Å²) in [7, 11) is -2.41. The number of aromatic nitrogens is 1. The van der Waals surface area contributed by atoms with Crippen LogP contribution < -0.4 is 4.74 Å². The molecule has 0 saturated carbocycles. The molecule has 2 aromatic rings. The number of benzene rings is 1. The number of hydrogen-bond donors (Lipinski definition) is 0. The Morgan fingerprint density at radius 3 is 2.35 bits per heavy atom. The first-order chi connectivity index (χ1) is 14.7. The highest BCUT2D eigenvalue weighted by Gasteiger charge is 2.31. The second kappa shape index (κ2) is 9.23. The molecule has 0 spiro atoms. The Balaban J connectivity index is 1.78. The van der Waals surface area contributed by atoms with E-state index in [0.29, 0.717) is 18.7 Å². The lowest BCUT2D eigenvalue weighted by atomic mass is 10.1. The van der Waals surface area contributed by atoms with Gasteiger partial charge in [0, 0.05) is 36.6 Å². The molecular formula is C22H28N2O6S. The van der Waals surface area contributed by atoms with Gasteiger partial charge in [-0.2, -0.15) is 4.31 Å². The largest absolute Gasteiger partial charge is 0.495 e. The van der Waals surface area contributed by atoms with Crippen molar-refractivity contribution < 1.29 is 27.5 Å². The number of sulfonamides is 1. The Kier molecular flexibility index (Phi) is 6.86. The van der Waals surface area contributed by atoms with Crippen molar-refractivity contribution in [2.24, 2.45) is 0 Å². The summed E-state index contributed by atoms with van der Waals surface area (Å²) in [6, 6.07) is 5.89. The summed E-state index contributed by atoms with van der Waals surface area (Å²) < 4.78 is 39.8. The van der Waals surface area contributed by atoms with Crippen LogP contribution in [0.3, 0.4) is 0 Å². The van der Waals surface area contributed by atoms with E-state index in [4.69, 9.17) is 9.47 Å². The van der Waals surface area contributed by atoms with Crippen LogP contribution in [0, 0.1) is 13.8 Å². The van der Waals surface area contributed by atoms with Gasteiger partial charge in [-0.3, -0.25) is 4.79 Å². The molecule has 1 aromatic carbocycles. The summed E-state index contributed by atoms with van der Waals surface area (Å²) in [5.41, 5.74) is 2.34. The second-order valence-electron chi connectivity index (χ2n) is 7.51. The van der Waals surface area contributed by atoms with E-state index in [1.54, 1.807) is 6.07 Å². The van der Waals surface area contributed by atoms with Crippen molar-refractivity contribution in [3.63, 3.8) is 0 Å². The number of rotatable bonds is 8. The number of nitrogens with zero attached hydrogens (tertiary/aromatic N) is 2. The minimum Gasteiger partial charge on any atom is -0.495 e. The van der Waals surface area contributed by atoms with E-state index in [9.17, 15) is 18.0 Å². The molecule has 0 aliphatic carbocycles. The van der Waals surface area contributed by atoms with E-state index in [2.05, 4.69) is 0 Å². The van der Waals surface area contributed by atoms with Crippen molar-refractivity contribution >= 4 is 21.8 Å². The van der Waals surface area contributed by atoms with Crippen molar-refractivity contribution in [2.45, 2.75) is 45.1 Å². The number of esters is 1. The summed E-state index contributed by atoms with van der Waals surface area (Å²) >= 11 is 0. The molecule has 1 fully saturated rings. The van der Waals surface area contributed by atoms with Crippen molar-refractivity contribution in [2.75, 3.05) is 26.8 Å². The number of ketones is 1. The lowest BCUT2D eigenvalue weighted by Crippen LogP contribution is -2.28. The average Bonchev–Trinajstić information content (AvgIpc) is 3.40. The molecule has 1 aromatic heterocycles. The number of Topliss-reactive ketones (excluding diaryl/α,β-unsaturated/α-hetero) is 1. The van der Waals surface area contributed by atoms with Gasteiger partial charge in [-0.1, -0.05) is 0 Å². The fourth-order valence-electron chi connectivity index (χ4n) is 3.94. The maximum Gasteiger partial charge on any atom is 0.338 e. The molecule has 0 unspecified atom stereocenters. The molecule has 168 valence electrons. The molecule has 3 rings (SSSR count). The van der Waals surface area contributed by atoms with Gasteiger partial charge in [0.2, 0.25) is 15.8 Å². The molecule has 0 bridgehead atoms. The maximum absolute atomic E-state index is 13.0. The number of carbonyl (C=O) groups is 2. The predicted octanol–water partition coefficient (Wildman–Crippen LogP) is 2.96. The van der Waals surface area contributed by atoms with Crippen LogP contribution in [0.1, 0.15) is 51.9 Å². The molecule has 1 aliphatic rings. The Morgan fingerprint density at radius 1 is 1.10 bits per heavy atom. The third-order valence-electron chi connectivity index (χ3n) is 5.61. The molecule has 0 atom stereocenters. The van der Waals surface area contributed by atoms with E-state index >= 15 is 0 Å². The minimum absolute atomic E-state index is 0.0467. The summed E-state index contributed by atoms with van der Waals surface area (Å²) in [6.45, 7) is 6.95. The highest BCUT2D eigenvalue weighted by Crippen LogP contribution is 2.30. The van der Waals surface area contributed by atoms with Gasteiger partial charge in [-0.25, -0.2) is 13.2 Å². The zero-order valence-corrected chi connectivity index (χ0v) is 19.1. The van der Waals surface area contributed by atoms with Gasteiger partial charge in [-0.05, 0) is 57.9 Å². The Bertz CT molecular complexity index is 1100. The smallest absolute Gasteiger partial charge is 0.338 e. The summed E-state index contributed by atoms with van der Waals surface area (Å²) in [4.78, 5) is 25.1. The number of methoxy groups -OCH3 is 1. The zero-order chi connectivity index (χ0) is 22.8. The van der Waals surface area contributed by atoms with Crippen LogP contribution in [0.15, 0.2) is 29.2 Å². The monoisotopic (exact) mass is 448 g/mol. The molecule has 8 nitrogen and oxygen atoms in total. The summed E-state index contributed by atoms with van der Waals surface area (Å²) in [5, 5.41) is 0. The number of aryl methyl sites for hydroxylation is 1. The Morgan fingerprint density at radius 2 is 1.77 bits per heavy atom. The maximum atomic E-state index is 13.0. The van der Waals surface area contributed by atoms with Gasteiger partial charge in [0.15, 0.2) is 6.61 Å². The summed E-state index contributed by atoms with van der Waals surface area (Å²) in [5.74, 6) is -0.913. The number of hydrogen-bond acceptors (Lipinski definition) is 6. The second-order valence-corrected chi connectivity index (χ2v) is 9.41. The normalized spacial score (nSPS) is 14.6. The topological polar surface area (TPSA) is 94.9 Å². The first-order valence-electron chi connectivity index (χ1n) is 10.3. The van der Waals surface area contributed by atoms with E-state index in [1.165, 1.54) is 29.6 Å². The lowest BCUT2D eigenvalue weighted by molar-refractivity contribution is 0.0474. The van der Waals surface area contributed by atoms with E-state index in [1.807, 2.05) is 25.3 Å². The van der Waals surface area contributed by atoms with Crippen molar-refractivity contribution in [1.82, 2.24) is 8.87 Å². The first-order valence-corrected chi connectivity index (χ1v) is 11.7. The van der Waals surface area contributed by atoms with Crippen LogP contribution in [0.4, 0.5) is 0 Å².